The third-order valence-corrected chi connectivity index (χ3v) is 11.8. The summed E-state index contributed by atoms with van der Waals surface area (Å²) in [5.74, 6) is 0. The van der Waals surface area contributed by atoms with Gasteiger partial charge in [0.25, 0.3) is 0 Å². The number of hydrogen-bond acceptors (Lipinski definition) is 0. The fourth-order valence-corrected chi connectivity index (χ4v) is 7.82. The van der Waals surface area contributed by atoms with Gasteiger partial charge in [0.05, 0.1) is 0 Å². The van der Waals surface area contributed by atoms with Gasteiger partial charge in [-0.2, -0.15) is 0 Å². The van der Waals surface area contributed by atoms with E-state index in [1.54, 1.807) is 0 Å². The van der Waals surface area contributed by atoms with E-state index in [4.69, 9.17) is 0 Å². The van der Waals surface area contributed by atoms with E-state index in [1.807, 2.05) is 0 Å². The molecule has 2 aromatic heterocycles. The van der Waals surface area contributed by atoms with Crippen molar-refractivity contribution >= 4 is 243 Å². The van der Waals surface area contributed by atoms with Crippen LogP contribution in [0.15, 0.2) is 0 Å². The SMILES string of the molecule is Bc1c(B)c(B)c2c([nH]c3c(B)c(B)c(B)c(-n4c5c(B)c(B)c(B)c(B)c5c5c(B)c(B)c(B)c(B)c54)c32)c1B. The van der Waals surface area contributed by atoms with Crippen LogP contribution in [0.2, 0.25) is 0 Å². The van der Waals surface area contributed by atoms with Crippen molar-refractivity contribution in [1.29, 1.82) is 0 Å². The molecule has 0 atom stereocenters. The summed E-state index contributed by atoms with van der Waals surface area (Å²) in [6.07, 6.45) is 0. The Labute approximate surface area is 257 Å². The molecule has 17 heteroatoms. The Morgan fingerprint density at radius 3 is 1.05 bits per heavy atom. The minimum Gasteiger partial charge on any atom is -0.355 e. The highest BCUT2D eigenvalue weighted by Crippen LogP contribution is 2.32. The molecule has 0 aliphatic rings. The molecule has 4 aromatic carbocycles. The fourth-order valence-electron chi connectivity index (χ4n) is 7.82. The van der Waals surface area contributed by atoms with E-state index in [1.165, 1.54) is 131 Å². The molecular formula is C24H31B15N2. The number of aromatic nitrogens is 2. The highest BCUT2D eigenvalue weighted by atomic mass is 15.0. The van der Waals surface area contributed by atoms with Crippen molar-refractivity contribution in [2.75, 3.05) is 0 Å². The van der Waals surface area contributed by atoms with Crippen LogP contribution in [-0.2, 0) is 0 Å². The van der Waals surface area contributed by atoms with E-state index < -0.39 is 0 Å². The molecule has 182 valence electrons. The summed E-state index contributed by atoms with van der Waals surface area (Å²) < 4.78 is 2.69. The molecular weight excluding hydrogens is 478 g/mol. The van der Waals surface area contributed by atoms with Crippen LogP contribution in [0.3, 0.4) is 0 Å². The van der Waals surface area contributed by atoms with Crippen molar-refractivity contribution in [2.45, 2.75) is 0 Å². The van der Waals surface area contributed by atoms with Crippen LogP contribution in [0, 0.1) is 0 Å². The Morgan fingerprint density at radius 2 is 0.610 bits per heavy atom. The predicted octanol–water partition coefficient (Wildman–Crippen LogP) is -19.7. The zero-order valence-electron chi connectivity index (χ0n) is 27.9. The monoisotopic (exact) mass is 512 g/mol. The summed E-state index contributed by atoms with van der Waals surface area (Å²) in [4.78, 5) is 3.97. The molecule has 1 N–H and O–H groups in total. The van der Waals surface area contributed by atoms with Gasteiger partial charge >= 0.3 is 0 Å². The van der Waals surface area contributed by atoms with Crippen LogP contribution in [-0.4, -0.2) is 127 Å². The topological polar surface area (TPSA) is 20.7 Å². The van der Waals surface area contributed by atoms with Gasteiger partial charge in [0, 0.05) is 38.5 Å². The predicted molar refractivity (Wildman–Crippen MR) is 233 cm³/mol. The Kier molecular flexibility index (Phi) is 6.43. The Bertz CT molecular complexity index is 2130. The van der Waals surface area contributed by atoms with Gasteiger partial charge in [0.2, 0.25) is 0 Å². The first-order chi connectivity index (χ1) is 19.1. The minimum atomic E-state index is 1.28. The first kappa shape index (κ1) is 28.6. The number of benzene rings is 4. The lowest BCUT2D eigenvalue weighted by Gasteiger charge is -2.22. The summed E-state index contributed by atoms with van der Waals surface area (Å²) in [6, 6.07) is 0. The Morgan fingerprint density at radius 1 is 0.293 bits per heavy atom. The summed E-state index contributed by atoms with van der Waals surface area (Å²) in [7, 11) is 34.7. The lowest BCUT2D eigenvalue weighted by molar-refractivity contribution is 1.23. The van der Waals surface area contributed by atoms with Crippen LogP contribution in [0.1, 0.15) is 0 Å². The number of nitrogens with one attached hydrogen (secondary N) is 1. The molecule has 2 heterocycles. The third-order valence-electron chi connectivity index (χ3n) is 11.8. The molecule has 0 spiro atoms. The number of fused-ring (bicyclic) bond motifs is 6. The van der Waals surface area contributed by atoms with Crippen LogP contribution in [0.25, 0.3) is 49.3 Å². The highest BCUT2D eigenvalue weighted by Gasteiger charge is 2.27. The van der Waals surface area contributed by atoms with E-state index in [9.17, 15) is 0 Å². The average molecular weight is 510 g/mol. The van der Waals surface area contributed by atoms with E-state index in [0.717, 1.165) is 0 Å². The van der Waals surface area contributed by atoms with Crippen LogP contribution < -0.4 is 81.9 Å². The van der Waals surface area contributed by atoms with Gasteiger partial charge in [-0.15, -0.1) is 16.4 Å². The molecule has 0 radical (unpaired) electrons. The maximum absolute atomic E-state index is 3.97. The van der Waals surface area contributed by atoms with Gasteiger partial charge in [0.15, 0.2) is 0 Å². The Hall–Kier alpha value is -2.55. The second-order valence-electron chi connectivity index (χ2n) is 13.1. The molecule has 0 saturated carbocycles. The molecule has 6 aromatic rings. The molecule has 2 nitrogen and oxygen atoms in total. The molecule has 6 rings (SSSR count). The molecule has 0 aliphatic heterocycles. The molecule has 0 amide bonds. The maximum Gasteiger partial charge on any atom is 0.141 e. The first-order valence-electron chi connectivity index (χ1n) is 15.2. The number of aromatic amines is 1. The lowest BCUT2D eigenvalue weighted by Crippen LogP contribution is -2.49. The molecule has 0 bridgehead atoms. The minimum absolute atomic E-state index is 1.28. The van der Waals surface area contributed by atoms with Gasteiger partial charge in [0.1, 0.15) is 118 Å². The lowest BCUT2D eigenvalue weighted by atomic mass is 9.63. The van der Waals surface area contributed by atoms with Crippen molar-refractivity contribution in [3.8, 4) is 5.69 Å². The van der Waals surface area contributed by atoms with Crippen molar-refractivity contribution in [2.24, 2.45) is 0 Å². The largest absolute Gasteiger partial charge is 0.355 e. The molecule has 41 heavy (non-hydrogen) atoms. The number of H-pyrrole nitrogens is 1. The average Bonchev–Trinajstić information content (AvgIpc) is 3.51. The van der Waals surface area contributed by atoms with E-state index in [0.29, 0.717) is 0 Å². The summed E-state index contributed by atoms with van der Waals surface area (Å²) in [6.45, 7) is 0. The summed E-state index contributed by atoms with van der Waals surface area (Å²) in [5, 5.41) is 5.60. The molecule has 0 unspecified atom stereocenters. The third kappa shape index (κ3) is 3.41. The van der Waals surface area contributed by atoms with Crippen molar-refractivity contribution < 1.29 is 0 Å². The van der Waals surface area contributed by atoms with Crippen LogP contribution in [0.4, 0.5) is 0 Å². The number of rotatable bonds is 1. The normalized spacial score (nSPS) is 11.9. The Balaban J connectivity index is 2.07. The standard InChI is InChI=1S/C24H31B15N2/c25-5-1-4-21(40-20(1)15(35)11(31)8(5)28)16(36)14(34)19(39)24(4)41-22-2(6(26)9(29)12(32)17(22)37)3-7(27)10(30)13(33)18(38)23(3)41/h40H,25-39H2. The first-order valence-corrected chi connectivity index (χ1v) is 15.2. The highest BCUT2D eigenvalue weighted by molar-refractivity contribution is 6.73. The zero-order chi connectivity index (χ0) is 30.1. The number of nitrogens with zero attached hydrogens (tertiary/aromatic N) is 1. The van der Waals surface area contributed by atoms with E-state index in [2.05, 4.69) is 127 Å². The maximum atomic E-state index is 3.97. The van der Waals surface area contributed by atoms with Gasteiger partial charge in [-0.1, -0.05) is 65.6 Å². The van der Waals surface area contributed by atoms with Gasteiger partial charge in [-0.3, -0.25) is 0 Å². The second kappa shape index (κ2) is 9.22. The molecule has 0 fully saturated rings. The van der Waals surface area contributed by atoms with Crippen molar-refractivity contribution in [1.82, 2.24) is 9.55 Å². The second-order valence-corrected chi connectivity index (χ2v) is 13.1. The van der Waals surface area contributed by atoms with E-state index in [-0.39, 0.29) is 0 Å². The van der Waals surface area contributed by atoms with Gasteiger partial charge < -0.3 is 9.55 Å². The van der Waals surface area contributed by atoms with E-state index >= 15 is 0 Å². The summed E-state index contributed by atoms with van der Waals surface area (Å²) in [5.41, 5.74) is 27.5. The van der Waals surface area contributed by atoms with Gasteiger partial charge in [-0.25, -0.2) is 0 Å². The van der Waals surface area contributed by atoms with Gasteiger partial charge in [-0.05, 0) is 10.8 Å². The van der Waals surface area contributed by atoms with Crippen molar-refractivity contribution in [3.63, 3.8) is 0 Å². The molecule has 0 saturated heterocycles. The van der Waals surface area contributed by atoms with Crippen LogP contribution in [0.5, 0.6) is 0 Å². The zero-order valence-corrected chi connectivity index (χ0v) is 27.9. The number of hydrogen-bond donors (Lipinski definition) is 1. The quantitative estimate of drug-likeness (QED) is 0.213. The van der Waals surface area contributed by atoms with Crippen molar-refractivity contribution in [3.05, 3.63) is 0 Å². The molecule has 0 aliphatic carbocycles. The summed E-state index contributed by atoms with van der Waals surface area (Å²) >= 11 is 0. The smallest absolute Gasteiger partial charge is 0.141 e. The van der Waals surface area contributed by atoms with Crippen LogP contribution >= 0.6 is 0 Å². The fraction of sp³-hybridized carbons (Fsp3) is 0.